The summed E-state index contributed by atoms with van der Waals surface area (Å²) in [5, 5.41) is 40.6. The second-order valence-electron chi connectivity index (χ2n) is 15.0. The Morgan fingerprint density at radius 2 is 1.49 bits per heavy atom. The lowest BCUT2D eigenvalue weighted by Gasteiger charge is -2.51. The average molecular weight is 876 g/mol. The average Bonchev–Trinajstić information content (AvgIpc) is 3.96. The van der Waals surface area contributed by atoms with E-state index < -0.39 is 110 Å². The summed E-state index contributed by atoms with van der Waals surface area (Å²) < 4.78 is 3.78. The van der Waals surface area contributed by atoms with Crippen LogP contribution < -0.4 is 21.3 Å². The molecule has 23 heteroatoms. The normalized spacial score (nSPS) is 28.0. The second-order valence-corrected chi connectivity index (χ2v) is 19.3. The minimum absolute atomic E-state index is 0.175. The summed E-state index contributed by atoms with van der Waals surface area (Å²) in [6, 6.07) is 4.58. The van der Waals surface area contributed by atoms with E-state index in [1.165, 1.54) is 52.9 Å². The molecule has 0 aliphatic carbocycles. The van der Waals surface area contributed by atoms with Crippen LogP contribution in [0.25, 0.3) is 0 Å². The van der Waals surface area contributed by atoms with Crippen LogP contribution in [-0.4, -0.2) is 148 Å². The van der Waals surface area contributed by atoms with E-state index >= 15 is 0 Å². The number of amides is 8. The number of carboxylic acids is 3. The summed E-state index contributed by atoms with van der Waals surface area (Å²) in [5.74, 6) is -7.81. The zero-order chi connectivity index (χ0) is 43.4. The number of carbonyl (C=O) groups is 9. The van der Waals surface area contributed by atoms with Crippen molar-refractivity contribution >= 4 is 88.5 Å². The van der Waals surface area contributed by atoms with Crippen molar-refractivity contribution in [2.24, 2.45) is 0 Å². The lowest BCUT2D eigenvalue weighted by molar-refractivity contribution is -0.201. The Labute approximate surface area is 348 Å². The summed E-state index contributed by atoms with van der Waals surface area (Å²) in [7, 11) is 1.22. The third-order valence-corrected chi connectivity index (χ3v) is 14.4. The highest BCUT2D eigenvalue weighted by Crippen LogP contribution is 2.55. The van der Waals surface area contributed by atoms with Crippen LogP contribution in [-0.2, 0) is 38.3 Å². The predicted octanol–water partition coefficient (Wildman–Crippen LogP) is 0.616. The van der Waals surface area contributed by atoms with Gasteiger partial charge in [0, 0.05) is 29.7 Å². The van der Waals surface area contributed by atoms with Gasteiger partial charge in [0.15, 0.2) is 5.92 Å². The number of carbonyl (C=O) groups excluding carboxylic acids is 6. The number of carboxylic acid groups (broad SMARTS) is 3. The maximum Gasteiger partial charge on any atom is 0.327 e. The summed E-state index contributed by atoms with van der Waals surface area (Å²) in [5.41, 5.74) is -1.03. The first-order chi connectivity index (χ1) is 27.7. The number of urea groups is 2. The van der Waals surface area contributed by atoms with Crippen LogP contribution in [0.15, 0.2) is 47.2 Å². The van der Waals surface area contributed by atoms with E-state index in [0.29, 0.717) is 17.7 Å². The fourth-order valence-electron chi connectivity index (χ4n) is 7.68. The van der Waals surface area contributed by atoms with E-state index in [-0.39, 0.29) is 6.54 Å². The third-order valence-electron chi connectivity index (χ3n) is 10.5. The van der Waals surface area contributed by atoms with Crippen molar-refractivity contribution in [1.82, 2.24) is 36.0 Å². The first-order valence-electron chi connectivity index (χ1n) is 18.0. The van der Waals surface area contributed by atoms with Crippen molar-refractivity contribution in [3.63, 3.8) is 0 Å². The van der Waals surface area contributed by atoms with Gasteiger partial charge in [0.25, 0.3) is 11.6 Å². The standard InChI is InChI=1S/C20H23N5O6S.C16H18N2O7S2/c1-20(2)13(17(28)29)25-15(27)12(16(25)32-20)22-14(26)11(10-6-4-3-5-7-10)23-19(31)24-9-8-21-18(24)30;1-15(2)9(12(22)23)18-13(24)16(25-3,14(18)27-15)17-10(19)8(11(20)21)7-4-5-26-6-7/h3-7,11-13,16H,8-9H2,1-2H3,(H,21,30)(H,22,26)(H,23,31)(H,28,29);4-6,8-9,14H,1-3H3,(H,17,19)(H,20,21)(H,22,23)/t11-,12+,13-,16+;8?,9-,14+,16-/m00/s1. The number of methoxy groups -OCH3 is 1. The number of rotatable bonds is 11. The molecule has 6 heterocycles. The molecule has 5 aliphatic rings. The monoisotopic (exact) mass is 875 g/mol. The molecule has 5 saturated heterocycles. The Bertz CT molecular complexity index is 2090. The van der Waals surface area contributed by atoms with E-state index in [0.717, 1.165) is 9.80 Å². The Morgan fingerprint density at radius 3 is 2.03 bits per heavy atom. The van der Waals surface area contributed by atoms with Crippen LogP contribution in [0.1, 0.15) is 50.8 Å². The molecule has 7 N–H and O–H groups in total. The van der Waals surface area contributed by atoms with Crippen molar-refractivity contribution in [3.8, 4) is 0 Å². The van der Waals surface area contributed by atoms with Gasteiger partial charge in [-0.25, -0.2) is 24.1 Å². The summed E-state index contributed by atoms with van der Waals surface area (Å²) in [6.07, 6.45) is 0. The molecule has 316 valence electrons. The minimum Gasteiger partial charge on any atom is -0.480 e. The van der Waals surface area contributed by atoms with Crippen LogP contribution in [0.2, 0.25) is 0 Å². The number of nitrogens with one attached hydrogen (secondary N) is 4. The number of thioether (sulfide) groups is 2. The molecule has 8 amide bonds. The lowest BCUT2D eigenvalue weighted by atomic mass is 9.92. The number of thiophene rings is 1. The van der Waals surface area contributed by atoms with E-state index in [2.05, 4.69) is 21.3 Å². The van der Waals surface area contributed by atoms with Crippen molar-refractivity contribution in [1.29, 1.82) is 0 Å². The lowest BCUT2D eigenvalue weighted by Crippen LogP contribution is -2.80. The SMILES string of the molecule is CC1(C)S[C@@H]2[C@H](NC(=O)[C@@H](NC(=O)N3CCNC3=O)c3ccccc3)C(=O)N2[C@H]1C(=O)O.CO[C@@]1(NC(=O)C(C(=O)O)c2ccsc2)C(=O)N2[C@@H](C(=O)O)C(C)(C)S[C@@H]21. The zero-order valence-electron chi connectivity index (χ0n) is 32.1. The number of imide groups is 1. The largest absolute Gasteiger partial charge is 0.480 e. The van der Waals surface area contributed by atoms with Crippen molar-refractivity contribution in [3.05, 3.63) is 58.3 Å². The quantitative estimate of drug-likeness (QED) is 0.0926. The van der Waals surface area contributed by atoms with Gasteiger partial charge in [0.2, 0.25) is 17.7 Å². The highest BCUT2D eigenvalue weighted by molar-refractivity contribution is 8.02. The predicted molar refractivity (Wildman–Crippen MR) is 210 cm³/mol. The number of benzene rings is 1. The number of β-lactam (4-membered cyclic amide) rings is 2. The zero-order valence-corrected chi connectivity index (χ0v) is 34.5. The van der Waals surface area contributed by atoms with E-state index in [1.54, 1.807) is 68.8 Å². The smallest absolute Gasteiger partial charge is 0.327 e. The third kappa shape index (κ3) is 7.55. The van der Waals surface area contributed by atoms with Crippen LogP contribution in [0, 0.1) is 0 Å². The number of hydrogen-bond acceptors (Lipinski definition) is 13. The van der Waals surface area contributed by atoms with Gasteiger partial charge < -0.3 is 51.1 Å². The van der Waals surface area contributed by atoms with E-state index in [1.807, 2.05) is 0 Å². The molecule has 1 unspecified atom stereocenters. The fourth-order valence-corrected chi connectivity index (χ4v) is 11.7. The minimum atomic E-state index is -1.80. The molecule has 1 aromatic carbocycles. The first kappa shape index (κ1) is 43.2. The molecule has 0 saturated carbocycles. The van der Waals surface area contributed by atoms with Gasteiger partial charge in [0.1, 0.15) is 34.9 Å². The molecular weight excluding hydrogens is 835 g/mol. The van der Waals surface area contributed by atoms with Crippen LogP contribution in [0.5, 0.6) is 0 Å². The molecule has 5 aliphatic heterocycles. The highest BCUT2D eigenvalue weighted by atomic mass is 32.2. The molecule has 20 nitrogen and oxygen atoms in total. The molecule has 8 atom stereocenters. The number of nitrogens with zero attached hydrogens (tertiary/aromatic N) is 3. The summed E-state index contributed by atoms with van der Waals surface area (Å²) in [6.45, 7) is 7.37. The second kappa shape index (κ2) is 16.0. The highest BCUT2D eigenvalue weighted by Gasteiger charge is 2.73. The Morgan fingerprint density at radius 1 is 0.864 bits per heavy atom. The number of ether oxygens (including phenoxy) is 1. The fraction of sp³-hybridized carbons (Fsp3) is 0.472. The molecule has 0 spiro atoms. The molecular formula is C36H41N7O13S3. The topological polar surface area (TPSA) is 281 Å². The van der Waals surface area contributed by atoms with Gasteiger partial charge in [-0.15, -0.1) is 23.5 Å². The maximum atomic E-state index is 13.1. The Balaban J connectivity index is 0.000000201. The van der Waals surface area contributed by atoms with E-state index in [4.69, 9.17) is 4.74 Å². The van der Waals surface area contributed by atoms with Crippen molar-refractivity contribution in [2.75, 3.05) is 20.2 Å². The van der Waals surface area contributed by atoms with Crippen LogP contribution >= 0.6 is 34.9 Å². The molecule has 0 radical (unpaired) electrons. The first-order valence-corrected chi connectivity index (χ1v) is 20.7. The summed E-state index contributed by atoms with van der Waals surface area (Å²) in [4.78, 5) is 114. The van der Waals surface area contributed by atoms with Crippen LogP contribution in [0.4, 0.5) is 9.59 Å². The van der Waals surface area contributed by atoms with Gasteiger partial charge in [-0.3, -0.25) is 24.0 Å². The molecule has 5 fully saturated rings. The molecule has 0 bridgehead atoms. The summed E-state index contributed by atoms with van der Waals surface area (Å²) >= 11 is 3.75. The number of hydrogen-bond donors (Lipinski definition) is 7. The van der Waals surface area contributed by atoms with Gasteiger partial charge in [-0.1, -0.05) is 30.3 Å². The number of fused-ring (bicyclic) bond motifs is 2. The molecule has 1 aromatic heterocycles. The van der Waals surface area contributed by atoms with Gasteiger partial charge in [-0.2, -0.15) is 11.3 Å². The Kier molecular flexibility index (Phi) is 11.7. The molecule has 59 heavy (non-hydrogen) atoms. The van der Waals surface area contributed by atoms with Crippen molar-refractivity contribution in [2.45, 2.75) is 83.7 Å². The van der Waals surface area contributed by atoms with E-state index in [9.17, 15) is 58.5 Å². The van der Waals surface area contributed by atoms with Gasteiger partial charge in [0.05, 0.1) is 0 Å². The molecule has 7 rings (SSSR count). The van der Waals surface area contributed by atoms with Crippen LogP contribution in [0.3, 0.4) is 0 Å². The number of aliphatic carboxylic acids is 3. The van der Waals surface area contributed by atoms with Crippen molar-refractivity contribution < 1.29 is 63.2 Å². The maximum absolute atomic E-state index is 13.1. The van der Waals surface area contributed by atoms with Gasteiger partial charge >= 0.3 is 30.0 Å². The molecule has 2 aromatic rings. The Hall–Kier alpha value is -5.39. The van der Waals surface area contributed by atoms with Gasteiger partial charge in [-0.05, 0) is 55.6 Å².